The third-order valence-electron chi connectivity index (χ3n) is 5.35. The maximum Gasteiger partial charge on any atom is 0.328 e. The Morgan fingerprint density at radius 1 is 1.06 bits per heavy atom. The highest BCUT2D eigenvalue weighted by Gasteiger charge is 2.51. The second kappa shape index (κ2) is 11.1. The van der Waals surface area contributed by atoms with Crippen LogP contribution in [0.15, 0.2) is 57.9 Å². The summed E-state index contributed by atoms with van der Waals surface area (Å²) >= 11 is 10.7. The number of benzene rings is 2. The topological polar surface area (TPSA) is 72.9 Å². The van der Waals surface area contributed by atoms with E-state index in [1.54, 1.807) is 32.9 Å². The molecular weight excluding hydrogens is 542 g/mol. The zero-order valence-corrected chi connectivity index (χ0v) is 22.6. The van der Waals surface area contributed by atoms with Gasteiger partial charge in [0.1, 0.15) is 11.6 Å². The monoisotopic (exact) mass is 567 g/mol. The summed E-state index contributed by atoms with van der Waals surface area (Å²) in [5.41, 5.74) is 0.0413. The molecule has 1 aliphatic rings. The summed E-state index contributed by atoms with van der Waals surface area (Å²) in [6, 6.07) is 13.0. The van der Waals surface area contributed by atoms with E-state index in [2.05, 4.69) is 15.9 Å². The van der Waals surface area contributed by atoms with Crippen molar-refractivity contribution in [1.82, 2.24) is 4.90 Å². The van der Waals surface area contributed by atoms with Crippen LogP contribution in [0.4, 0.5) is 0 Å². The summed E-state index contributed by atoms with van der Waals surface area (Å²) in [5.74, 6) is -1.90. The van der Waals surface area contributed by atoms with Crippen LogP contribution in [0.25, 0.3) is 0 Å². The number of rotatable bonds is 6. The van der Waals surface area contributed by atoms with Gasteiger partial charge in [-0.15, -0.1) is 11.8 Å². The van der Waals surface area contributed by atoms with E-state index < -0.39 is 35.5 Å². The largest absolute Gasteiger partial charge is 0.467 e. The van der Waals surface area contributed by atoms with E-state index in [4.69, 9.17) is 21.1 Å². The number of hydrogen-bond donors (Lipinski definition) is 0. The van der Waals surface area contributed by atoms with Gasteiger partial charge in [0.25, 0.3) is 0 Å². The molecule has 1 fully saturated rings. The first-order valence-electron chi connectivity index (χ1n) is 10.8. The van der Waals surface area contributed by atoms with E-state index in [9.17, 15) is 14.4 Å². The first kappa shape index (κ1) is 26.6. The number of esters is 2. The summed E-state index contributed by atoms with van der Waals surface area (Å²) in [4.78, 5) is 41.8. The Morgan fingerprint density at radius 3 is 2.24 bits per heavy atom. The number of ether oxygens (including phenoxy) is 2. The Morgan fingerprint density at radius 2 is 1.68 bits per heavy atom. The van der Waals surface area contributed by atoms with E-state index in [1.807, 2.05) is 36.4 Å². The maximum absolute atomic E-state index is 13.5. The molecular formula is C25H27BrClNO5S. The molecule has 1 heterocycles. The van der Waals surface area contributed by atoms with Crippen molar-refractivity contribution in [2.45, 2.75) is 49.8 Å². The Bertz CT molecular complexity index is 1040. The second-order valence-corrected chi connectivity index (χ2v) is 11.4. The van der Waals surface area contributed by atoms with E-state index in [1.165, 1.54) is 23.8 Å². The third-order valence-corrected chi connectivity index (χ3v) is 7.13. The molecule has 34 heavy (non-hydrogen) atoms. The number of likely N-dealkylation sites (tertiary alicyclic amines) is 1. The maximum atomic E-state index is 13.5. The number of hydrogen-bond acceptors (Lipinski definition) is 6. The fourth-order valence-corrected chi connectivity index (χ4v) is 5.11. The minimum absolute atomic E-state index is 0.0865. The van der Waals surface area contributed by atoms with E-state index >= 15 is 0 Å². The minimum Gasteiger partial charge on any atom is -0.467 e. The molecule has 9 heteroatoms. The van der Waals surface area contributed by atoms with Gasteiger partial charge in [0.15, 0.2) is 0 Å². The molecule has 182 valence electrons. The molecule has 1 amide bonds. The zero-order valence-electron chi connectivity index (χ0n) is 19.4. The van der Waals surface area contributed by atoms with Crippen LogP contribution >= 0.6 is 39.3 Å². The smallest absolute Gasteiger partial charge is 0.328 e. The first-order valence-corrected chi connectivity index (χ1v) is 12.9. The van der Waals surface area contributed by atoms with Gasteiger partial charge in [0.2, 0.25) is 5.91 Å². The Hall–Kier alpha value is -2.03. The van der Waals surface area contributed by atoms with Gasteiger partial charge in [-0.25, -0.2) is 4.79 Å². The number of carbonyl (C=O) groups excluding carboxylic acids is 3. The van der Waals surface area contributed by atoms with Gasteiger partial charge in [0, 0.05) is 14.4 Å². The molecule has 1 saturated heterocycles. The molecule has 0 radical (unpaired) electrons. The van der Waals surface area contributed by atoms with Gasteiger partial charge in [-0.05, 0) is 69.2 Å². The van der Waals surface area contributed by atoms with Crippen molar-refractivity contribution in [3.63, 3.8) is 0 Å². The molecule has 0 unspecified atom stereocenters. The molecule has 1 aliphatic heterocycles. The van der Waals surface area contributed by atoms with Gasteiger partial charge in [-0.3, -0.25) is 9.59 Å². The standard InChI is InChI=1S/C25H27BrClNO5S/c1-25(2,3)33-23(30)19-13-20(24(31)32-4)28(22(19)15-5-7-16(26)8-6-15)21(29)14-34-18-11-9-17(27)10-12-18/h5-12,19-20,22H,13-14H2,1-4H3/t19-,20-,22-/m1/s1. The number of carbonyl (C=O) groups is 3. The summed E-state index contributed by atoms with van der Waals surface area (Å²) in [7, 11) is 1.28. The highest BCUT2D eigenvalue weighted by Crippen LogP contribution is 2.43. The van der Waals surface area contributed by atoms with Crippen LogP contribution in [-0.4, -0.2) is 47.3 Å². The molecule has 3 atom stereocenters. The van der Waals surface area contributed by atoms with Crippen LogP contribution in [0, 0.1) is 5.92 Å². The lowest BCUT2D eigenvalue weighted by Crippen LogP contribution is -2.43. The van der Waals surface area contributed by atoms with Gasteiger partial charge < -0.3 is 14.4 Å². The van der Waals surface area contributed by atoms with E-state index in [-0.39, 0.29) is 18.1 Å². The number of thioether (sulfide) groups is 1. The first-order chi connectivity index (χ1) is 16.0. The van der Waals surface area contributed by atoms with E-state index in [0.717, 1.165) is 14.9 Å². The molecule has 6 nitrogen and oxygen atoms in total. The number of nitrogens with zero attached hydrogens (tertiary/aromatic N) is 1. The summed E-state index contributed by atoms with van der Waals surface area (Å²) < 4.78 is 11.5. The number of amides is 1. The van der Waals surface area contributed by atoms with Crippen LogP contribution in [0.2, 0.25) is 5.02 Å². The molecule has 2 aromatic rings. The van der Waals surface area contributed by atoms with Gasteiger partial charge in [-0.1, -0.05) is 39.7 Å². The lowest BCUT2D eigenvalue weighted by Gasteiger charge is -2.31. The van der Waals surface area contributed by atoms with Crippen LogP contribution in [0.5, 0.6) is 0 Å². The third kappa shape index (κ3) is 6.55. The normalized spacial score (nSPS) is 20.2. The number of methoxy groups -OCH3 is 1. The Balaban J connectivity index is 1.96. The van der Waals surface area contributed by atoms with Crippen molar-refractivity contribution in [2.75, 3.05) is 12.9 Å². The van der Waals surface area contributed by atoms with Crippen LogP contribution in [0.3, 0.4) is 0 Å². The molecule has 0 N–H and O–H groups in total. The Kier molecular flexibility index (Phi) is 8.71. The molecule has 3 rings (SSSR count). The summed E-state index contributed by atoms with van der Waals surface area (Å²) in [6.45, 7) is 5.37. The van der Waals surface area contributed by atoms with Crippen LogP contribution < -0.4 is 0 Å². The molecule has 0 saturated carbocycles. The minimum atomic E-state index is -0.894. The van der Waals surface area contributed by atoms with Gasteiger partial charge >= 0.3 is 11.9 Å². The summed E-state index contributed by atoms with van der Waals surface area (Å²) in [6.07, 6.45) is 0.125. The molecule has 0 spiro atoms. The lowest BCUT2D eigenvalue weighted by atomic mass is 9.93. The van der Waals surface area contributed by atoms with Crippen LogP contribution in [0.1, 0.15) is 38.8 Å². The fraction of sp³-hybridized carbons (Fsp3) is 0.400. The van der Waals surface area contributed by atoms with Crippen molar-refractivity contribution >= 4 is 57.1 Å². The van der Waals surface area contributed by atoms with Gasteiger partial charge in [0.05, 0.1) is 24.8 Å². The molecule has 0 aliphatic carbocycles. The second-order valence-electron chi connectivity index (χ2n) is 8.95. The highest BCUT2D eigenvalue weighted by molar-refractivity contribution is 9.10. The summed E-state index contributed by atoms with van der Waals surface area (Å²) in [5, 5.41) is 0.608. The van der Waals surface area contributed by atoms with Crippen molar-refractivity contribution in [3.8, 4) is 0 Å². The van der Waals surface area contributed by atoms with Crippen molar-refractivity contribution in [2.24, 2.45) is 5.92 Å². The van der Waals surface area contributed by atoms with Crippen molar-refractivity contribution in [1.29, 1.82) is 0 Å². The van der Waals surface area contributed by atoms with Crippen molar-refractivity contribution < 1.29 is 23.9 Å². The quantitative estimate of drug-likeness (QED) is 0.330. The van der Waals surface area contributed by atoms with E-state index in [0.29, 0.717) is 5.02 Å². The number of halogens is 2. The predicted octanol–water partition coefficient (Wildman–Crippen LogP) is 5.67. The predicted molar refractivity (Wildman–Crippen MR) is 136 cm³/mol. The SMILES string of the molecule is COC(=O)[C@H]1C[C@@H](C(=O)OC(C)(C)C)[C@@H](c2ccc(Br)cc2)N1C(=O)CSc1ccc(Cl)cc1. The zero-order chi connectivity index (χ0) is 25.0. The van der Waals surface area contributed by atoms with Crippen LogP contribution in [-0.2, 0) is 23.9 Å². The Labute approximate surface area is 217 Å². The fourth-order valence-electron chi connectivity index (χ4n) is 3.95. The van der Waals surface area contributed by atoms with Crippen molar-refractivity contribution in [3.05, 3.63) is 63.6 Å². The molecule has 0 aromatic heterocycles. The molecule has 2 aromatic carbocycles. The highest BCUT2D eigenvalue weighted by atomic mass is 79.9. The molecule has 0 bridgehead atoms. The van der Waals surface area contributed by atoms with Gasteiger partial charge in [-0.2, -0.15) is 0 Å². The average Bonchev–Trinajstić information content (AvgIpc) is 3.18. The lowest BCUT2D eigenvalue weighted by molar-refractivity contribution is -0.161. The average molecular weight is 569 g/mol.